The van der Waals surface area contributed by atoms with Gasteiger partial charge in [-0.1, -0.05) is 26.7 Å². The fraction of sp³-hybridized carbons (Fsp3) is 0.917. The highest BCUT2D eigenvalue weighted by Gasteiger charge is 2.42. The minimum atomic E-state index is -0.133. The van der Waals surface area contributed by atoms with E-state index in [2.05, 4.69) is 19.9 Å². The molecule has 2 heteroatoms. The van der Waals surface area contributed by atoms with Crippen LogP contribution in [0.5, 0.6) is 0 Å². The number of nitriles is 1. The third-order valence-corrected chi connectivity index (χ3v) is 2.99. The fourth-order valence-corrected chi connectivity index (χ4v) is 2.24. The molecule has 80 valence electrons. The summed E-state index contributed by atoms with van der Waals surface area (Å²) >= 11 is 0. The van der Waals surface area contributed by atoms with Crippen molar-refractivity contribution in [3.63, 3.8) is 0 Å². The Bertz CT molecular complexity index is 201. The van der Waals surface area contributed by atoms with Gasteiger partial charge in [-0.15, -0.1) is 0 Å². The van der Waals surface area contributed by atoms with Crippen LogP contribution in [0.4, 0.5) is 0 Å². The smallest absolute Gasteiger partial charge is 0.0812 e. The summed E-state index contributed by atoms with van der Waals surface area (Å²) in [5.74, 6) is 0.717. The van der Waals surface area contributed by atoms with Crippen molar-refractivity contribution in [3.05, 3.63) is 0 Å². The lowest BCUT2D eigenvalue weighted by Gasteiger charge is -2.40. The number of nitrogens with zero attached hydrogens (tertiary/aromatic N) is 1. The van der Waals surface area contributed by atoms with Gasteiger partial charge < -0.3 is 4.74 Å². The second kappa shape index (κ2) is 5.36. The summed E-state index contributed by atoms with van der Waals surface area (Å²) in [6.07, 6.45) is 5.64. The lowest BCUT2D eigenvalue weighted by molar-refractivity contribution is 0.00277. The first-order valence-corrected chi connectivity index (χ1v) is 5.71. The van der Waals surface area contributed by atoms with Gasteiger partial charge in [0.05, 0.1) is 18.1 Å². The average Bonchev–Trinajstić information content (AvgIpc) is 2.14. The van der Waals surface area contributed by atoms with E-state index in [1.165, 1.54) is 12.8 Å². The number of ether oxygens (including phenoxy) is 1. The first kappa shape index (κ1) is 11.5. The highest BCUT2D eigenvalue weighted by Crippen LogP contribution is 2.44. The summed E-state index contributed by atoms with van der Waals surface area (Å²) in [5.41, 5.74) is -0.133. The van der Waals surface area contributed by atoms with E-state index in [0.717, 1.165) is 25.9 Å². The third kappa shape index (κ3) is 2.99. The zero-order valence-corrected chi connectivity index (χ0v) is 9.38. The Morgan fingerprint density at radius 2 is 2.14 bits per heavy atom. The number of hydrogen-bond acceptors (Lipinski definition) is 2. The summed E-state index contributed by atoms with van der Waals surface area (Å²) < 4.78 is 5.56. The Hall–Kier alpha value is -0.550. The largest absolute Gasteiger partial charge is 0.380 e. The first-order valence-electron chi connectivity index (χ1n) is 5.71. The van der Waals surface area contributed by atoms with Crippen molar-refractivity contribution in [1.82, 2.24) is 0 Å². The minimum Gasteiger partial charge on any atom is -0.380 e. The van der Waals surface area contributed by atoms with Crippen LogP contribution in [0, 0.1) is 22.7 Å². The van der Waals surface area contributed by atoms with E-state index < -0.39 is 0 Å². The first-order chi connectivity index (χ1) is 6.72. The third-order valence-electron chi connectivity index (χ3n) is 2.99. The summed E-state index contributed by atoms with van der Waals surface area (Å²) in [5, 5.41) is 9.03. The van der Waals surface area contributed by atoms with Crippen molar-refractivity contribution in [2.75, 3.05) is 13.2 Å². The van der Waals surface area contributed by atoms with Crippen molar-refractivity contribution < 1.29 is 4.74 Å². The molecule has 0 N–H and O–H groups in total. The van der Waals surface area contributed by atoms with E-state index in [4.69, 9.17) is 10.00 Å². The van der Waals surface area contributed by atoms with Crippen molar-refractivity contribution in [2.45, 2.75) is 46.0 Å². The van der Waals surface area contributed by atoms with Crippen LogP contribution in [-0.4, -0.2) is 13.2 Å². The zero-order chi connectivity index (χ0) is 10.4. The molecular formula is C12H21NO. The van der Waals surface area contributed by atoms with Gasteiger partial charge in [0.15, 0.2) is 0 Å². The zero-order valence-electron chi connectivity index (χ0n) is 9.38. The van der Waals surface area contributed by atoms with E-state index in [-0.39, 0.29) is 5.41 Å². The molecule has 0 saturated heterocycles. The lowest BCUT2D eigenvalue weighted by Crippen LogP contribution is -2.38. The molecule has 1 fully saturated rings. The molecule has 14 heavy (non-hydrogen) atoms. The Morgan fingerprint density at radius 3 is 2.64 bits per heavy atom. The van der Waals surface area contributed by atoms with Gasteiger partial charge in [0.2, 0.25) is 0 Å². The normalized spacial score (nSPS) is 30.8. The molecule has 0 aromatic carbocycles. The predicted molar refractivity (Wildman–Crippen MR) is 56.8 cm³/mol. The van der Waals surface area contributed by atoms with Gasteiger partial charge in [0.25, 0.3) is 0 Å². The molecular weight excluding hydrogens is 174 g/mol. The van der Waals surface area contributed by atoms with E-state index in [9.17, 15) is 0 Å². The van der Waals surface area contributed by atoms with Crippen LogP contribution in [0.2, 0.25) is 0 Å². The van der Waals surface area contributed by atoms with Crippen LogP contribution in [0.25, 0.3) is 0 Å². The molecule has 1 aliphatic rings. The van der Waals surface area contributed by atoms with Gasteiger partial charge in [0.1, 0.15) is 0 Å². The van der Waals surface area contributed by atoms with Gasteiger partial charge in [-0.3, -0.25) is 0 Å². The molecule has 0 amide bonds. The van der Waals surface area contributed by atoms with E-state index >= 15 is 0 Å². The molecule has 2 nitrogen and oxygen atoms in total. The van der Waals surface area contributed by atoms with Crippen LogP contribution in [0.3, 0.4) is 0 Å². The van der Waals surface area contributed by atoms with Gasteiger partial charge in [-0.2, -0.15) is 5.26 Å². The van der Waals surface area contributed by atoms with Crippen LogP contribution in [-0.2, 0) is 4.74 Å². The number of rotatable bonds is 6. The van der Waals surface area contributed by atoms with E-state index in [1.807, 2.05) is 0 Å². The molecule has 1 saturated carbocycles. The molecule has 0 atom stereocenters. The SMILES string of the molecule is CCCCCOCC1(C#N)CC(C)C1. The van der Waals surface area contributed by atoms with Gasteiger partial charge in [-0.25, -0.2) is 0 Å². The lowest BCUT2D eigenvalue weighted by atomic mass is 9.64. The summed E-state index contributed by atoms with van der Waals surface area (Å²) in [6, 6.07) is 2.41. The Labute approximate surface area is 87.3 Å². The Morgan fingerprint density at radius 1 is 1.43 bits per heavy atom. The molecule has 0 unspecified atom stereocenters. The van der Waals surface area contributed by atoms with Crippen molar-refractivity contribution in [3.8, 4) is 6.07 Å². The summed E-state index contributed by atoms with van der Waals surface area (Å²) in [4.78, 5) is 0. The van der Waals surface area contributed by atoms with Crippen molar-refractivity contribution >= 4 is 0 Å². The Balaban J connectivity index is 2.08. The topological polar surface area (TPSA) is 33.0 Å². The molecule has 0 aromatic heterocycles. The van der Waals surface area contributed by atoms with Gasteiger partial charge in [0, 0.05) is 6.61 Å². The molecule has 0 radical (unpaired) electrons. The van der Waals surface area contributed by atoms with E-state index in [1.54, 1.807) is 0 Å². The minimum absolute atomic E-state index is 0.133. The van der Waals surface area contributed by atoms with Crippen LogP contribution < -0.4 is 0 Å². The molecule has 1 aliphatic carbocycles. The quantitative estimate of drug-likeness (QED) is 0.610. The molecule has 0 bridgehead atoms. The van der Waals surface area contributed by atoms with Crippen LogP contribution in [0.15, 0.2) is 0 Å². The van der Waals surface area contributed by atoms with Gasteiger partial charge in [-0.05, 0) is 25.2 Å². The highest BCUT2D eigenvalue weighted by molar-refractivity contribution is 5.07. The molecule has 0 aliphatic heterocycles. The monoisotopic (exact) mass is 195 g/mol. The van der Waals surface area contributed by atoms with E-state index in [0.29, 0.717) is 12.5 Å². The summed E-state index contributed by atoms with van der Waals surface area (Å²) in [6.45, 7) is 5.86. The molecule has 0 spiro atoms. The van der Waals surface area contributed by atoms with Crippen LogP contribution >= 0.6 is 0 Å². The molecule has 0 aromatic rings. The summed E-state index contributed by atoms with van der Waals surface area (Å²) in [7, 11) is 0. The van der Waals surface area contributed by atoms with Crippen molar-refractivity contribution in [2.24, 2.45) is 11.3 Å². The highest BCUT2D eigenvalue weighted by atomic mass is 16.5. The molecule has 1 rings (SSSR count). The average molecular weight is 195 g/mol. The second-order valence-corrected chi connectivity index (χ2v) is 4.67. The maximum absolute atomic E-state index is 9.03. The van der Waals surface area contributed by atoms with Gasteiger partial charge >= 0.3 is 0 Å². The number of hydrogen-bond donors (Lipinski definition) is 0. The Kier molecular flexibility index (Phi) is 4.41. The fourth-order valence-electron chi connectivity index (χ4n) is 2.24. The standard InChI is InChI=1S/C12H21NO/c1-3-4-5-6-14-10-12(9-13)7-11(2)8-12/h11H,3-8,10H2,1-2H3. The second-order valence-electron chi connectivity index (χ2n) is 4.67. The van der Waals surface area contributed by atoms with Crippen molar-refractivity contribution in [1.29, 1.82) is 5.26 Å². The van der Waals surface area contributed by atoms with Crippen LogP contribution in [0.1, 0.15) is 46.0 Å². The maximum Gasteiger partial charge on any atom is 0.0812 e. The predicted octanol–water partition coefficient (Wildman–Crippen LogP) is 3.13. The number of unbranched alkanes of at least 4 members (excludes halogenated alkanes) is 2. The molecule has 0 heterocycles. The maximum atomic E-state index is 9.03.